The van der Waals surface area contributed by atoms with Crippen LogP contribution in [-0.4, -0.2) is 22.8 Å². The number of carbonyl (C=O) groups excluding carboxylic acids is 1. The minimum atomic E-state index is -3.73. The van der Waals surface area contributed by atoms with E-state index in [1.165, 1.54) is 12.1 Å². The molecule has 1 fully saturated rings. The molecular weight excluding hydrogens is 343 g/mol. The molecule has 0 radical (unpaired) electrons. The Morgan fingerprint density at radius 3 is 2.41 bits per heavy atom. The highest BCUT2D eigenvalue weighted by Crippen LogP contribution is 2.44. The molecule has 2 aliphatic rings. The number of rotatable bonds is 2. The predicted molar refractivity (Wildman–Crippen MR) is 72.7 cm³/mol. The van der Waals surface area contributed by atoms with E-state index in [4.69, 9.17) is 28.0 Å². The summed E-state index contributed by atoms with van der Waals surface area (Å²) >= 11 is 12.0. The van der Waals surface area contributed by atoms with Gasteiger partial charge in [0.25, 0.3) is 5.91 Å². The van der Waals surface area contributed by atoms with Crippen molar-refractivity contribution in [3.05, 3.63) is 22.7 Å². The molecule has 1 aromatic carbocycles. The third kappa shape index (κ3) is 2.47. The van der Waals surface area contributed by atoms with Crippen LogP contribution >= 0.6 is 23.2 Å². The van der Waals surface area contributed by atoms with E-state index in [-0.39, 0.29) is 29.0 Å². The number of benzene rings is 1. The maximum absolute atomic E-state index is 13.0. The lowest BCUT2D eigenvalue weighted by Gasteiger charge is -2.17. The van der Waals surface area contributed by atoms with Crippen LogP contribution in [0.25, 0.3) is 0 Å². The van der Waals surface area contributed by atoms with E-state index in [2.05, 4.69) is 9.47 Å². The molecule has 1 amide bonds. The van der Waals surface area contributed by atoms with Crippen molar-refractivity contribution >= 4 is 29.1 Å². The molecule has 2 aliphatic heterocycles. The molecule has 0 bridgehead atoms. The van der Waals surface area contributed by atoms with Gasteiger partial charge < -0.3 is 9.47 Å². The molecule has 1 unspecified atom stereocenters. The van der Waals surface area contributed by atoms with Crippen molar-refractivity contribution < 1.29 is 27.9 Å². The van der Waals surface area contributed by atoms with E-state index in [1.807, 2.05) is 0 Å². The Bertz CT molecular complexity index is 653. The molecule has 0 aliphatic carbocycles. The predicted octanol–water partition coefficient (Wildman–Crippen LogP) is 3.53. The van der Waals surface area contributed by atoms with Crippen molar-refractivity contribution in [2.45, 2.75) is 32.3 Å². The molecule has 0 N–H and O–H groups in total. The van der Waals surface area contributed by atoms with Crippen LogP contribution in [0, 0.1) is 5.41 Å². The normalized spacial score (nSPS) is 24.9. The zero-order valence-corrected chi connectivity index (χ0v) is 13.0. The molecule has 22 heavy (non-hydrogen) atoms. The summed E-state index contributed by atoms with van der Waals surface area (Å²) in [5.74, 6) is -0.646. The number of hydroxylamine groups is 2. The van der Waals surface area contributed by atoms with Crippen LogP contribution in [0.4, 0.5) is 8.78 Å². The topological polar surface area (TPSA) is 48.0 Å². The summed E-state index contributed by atoms with van der Waals surface area (Å²) in [6.07, 6.45) is -3.73. The summed E-state index contributed by atoms with van der Waals surface area (Å²) < 4.78 is 34.7. The number of ether oxygens (including phenoxy) is 2. The van der Waals surface area contributed by atoms with Gasteiger partial charge in [0.2, 0.25) is 0 Å². The fraction of sp³-hybridized carbons (Fsp3) is 0.462. The van der Waals surface area contributed by atoms with Crippen LogP contribution in [0.15, 0.2) is 12.1 Å². The Hall–Kier alpha value is -1.31. The van der Waals surface area contributed by atoms with Gasteiger partial charge in [0.05, 0.1) is 12.0 Å². The summed E-state index contributed by atoms with van der Waals surface area (Å²) in [4.78, 5) is 17.5. The van der Waals surface area contributed by atoms with E-state index >= 15 is 0 Å². The molecule has 2 heterocycles. The molecule has 0 aromatic heterocycles. The van der Waals surface area contributed by atoms with Crippen LogP contribution in [0.5, 0.6) is 11.5 Å². The van der Waals surface area contributed by atoms with E-state index in [9.17, 15) is 13.6 Å². The number of hydrogen-bond donors (Lipinski definition) is 0. The SMILES string of the molecule is CC1(C)C(=O)N(Cc2cc3c(cc2Cl)OC(F)(F)O3)OC1Cl. The first-order valence-corrected chi connectivity index (χ1v) is 7.13. The first kappa shape index (κ1) is 15.6. The van der Waals surface area contributed by atoms with Crippen LogP contribution < -0.4 is 9.47 Å². The second-order valence-electron chi connectivity index (χ2n) is 5.54. The van der Waals surface area contributed by atoms with Gasteiger partial charge in [-0.05, 0) is 25.5 Å². The van der Waals surface area contributed by atoms with Crippen molar-refractivity contribution in [2.24, 2.45) is 5.41 Å². The fourth-order valence-corrected chi connectivity index (χ4v) is 2.51. The molecule has 1 atom stereocenters. The Morgan fingerprint density at radius 1 is 1.27 bits per heavy atom. The lowest BCUT2D eigenvalue weighted by molar-refractivity contribution is -0.286. The van der Waals surface area contributed by atoms with Gasteiger partial charge in [-0.3, -0.25) is 9.63 Å². The molecule has 3 rings (SSSR count). The first-order valence-electron chi connectivity index (χ1n) is 6.31. The molecule has 9 heteroatoms. The fourth-order valence-electron chi connectivity index (χ4n) is 2.11. The van der Waals surface area contributed by atoms with Gasteiger partial charge in [-0.2, -0.15) is 0 Å². The largest absolute Gasteiger partial charge is 0.586 e. The highest BCUT2D eigenvalue weighted by molar-refractivity contribution is 6.31. The Morgan fingerprint density at radius 2 is 1.86 bits per heavy atom. The van der Waals surface area contributed by atoms with Gasteiger partial charge in [0, 0.05) is 11.1 Å². The molecule has 1 saturated heterocycles. The van der Waals surface area contributed by atoms with E-state index in [0.717, 1.165) is 5.06 Å². The van der Waals surface area contributed by atoms with E-state index < -0.39 is 17.3 Å². The summed E-state index contributed by atoms with van der Waals surface area (Å²) in [5.41, 5.74) is -1.34. The number of alkyl halides is 3. The summed E-state index contributed by atoms with van der Waals surface area (Å²) in [5, 5.41) is 1.20. The lowest BCUT2D eigenvalue weighted by Crippen LogP contribution is -2.31. The number of nitrogens with zero attached hydrogens (tertiary/aromatic N) is 1. The molecule has 0 saturated carbocycles. The van der Waals surface area contributed by atoms with Crippen molar-refractivity contribution in [3.8, 4) is 11.5 Å². The maximum Gasteiger partial charge on any atom is 0.586 e. The Balaban J connectivity index is 1.85. The molecular formula is C13H11Cl2F2NO4. The standard InChI is InChI=1S/C13H11Cl2F2NO4/c1-12(2)10(15)22-18(11(12)19)5-6-3-8-9(4-7(6)14)21-13(16,17)20-8/h3-4,10H,5H2,1-2H3. The van der Waals surface area contributed by atoms with Crippen molar-refractivity contribution in [3.63, 3.8) is 0 Å². The van der Waals surface area contributed by atoms with Crippen LogP contribution in [0.2, 0.25) is 5.02 Å². The third-order valence-corrected chi connectivity index (χ3v) is 4.43. The van der Waals surface area contributed by atoms with Gasteiger partial charge in [0.15, 0.2) is 17.1 Å². The second-order valence-corrected chi connectivity index (χ2v) is 6.35. The molecule has 1 aromatic rings. The first-order chi connectivity index (χ1) is 10.1. The number of carbonyl (C=O) groups is 1. The summed E-state index contributed by atoms with van der Waals surface area (Å²) in [6.45, 7) is 3.25. The maximum atomic E-state index is 13.0. The van der Waals surface area contributed by atoms with Crippen molar-refractivity contribution in [1.29, 1.82) is 0 Å². The quantitative estimate of drug-likeness (QED) is 0.763. The van der Waals surface area contributed by atoms with Crippen LogP contribution in [-0.2, 0) is 16.2 Å². The average molecular weight is 354 g/mol. The zero-order valence-electron chi connectivity index (χ0n) is 11.5. The van der Waals surface area contributed by atoms with E-state index in [0.29, 0.717) is 5.56 Å². The van der Waals surface area contributed by atoms with Crippen LogP contribution in [0.3, 0.4) is 0 Å². The van der Waals surface area contributed by atoms with Gasteiger partial charge in [0.1, 0.15) is 0 Å². The molecule has 120 valence electrons. The third-order valence-electron chi connectivity index (χ3n) is 3.45. The number of halogens is 4. The number of amides is 1. The smallest absolute Gasteiger partial charge is 0.395 e. The number of fused-ring (bicyclic) bond motifs is 1. The minimum Gasteiger partial charge on any atom is -0.395 e. The monoisotopic (exact) mass is 353 g/mol. The zero-order chi connectivity index (χ0) is 16.3. The van der Waals surface area contributed by atoms with Crippen LogP contribution in [0.1, 0.15) is 19.4 Å². The highest BCUT2D eigenvalue weighted by Gasteiger charge is 2.49. The lowest BCUT2D eigenvalue weighted by atomic mass is 9.94. The molecule has 0 spiro atoms. The second kappa shape index (κ2) is 4.84. The Kier molecular flexibility index (Phi) is 3.43. The number of hydrogen-bond acceptors (Lipinski definition) is 4. The van der Waals surface area contributed by atoms with Crippen molar-refractivity contribution in [2.75, 3.05) is 0 Å². The van der Waals surface area contributed by atoms with Crippen molar-refractivity contribution in [1.82, 2.24) is 5.06 Å². The average Bonchev–Trinajstić information content (AvgIpc) is 2.78. The molecule has 5 nitrogen and oxygen atoms in total. The highest BCUT2D eigenvalue weighted by atomic mass is 35.5. The summed E-state index contributed by atoms with van der Waals surface area (Å²) in [6, 6.07) is 2.49. The minimum absolute atomic E-state index is 0.0491. The van der Waals surface area contributed by atoms with Gasteiger partial charge in [-0.25, -0.2) is 5.06 Å². The van der Waals surface area contributed by atoms with Gasteiger partial charge >= 0.3 is 6.29 Å². The van der Waals surface area contributed by atoms with Gasteiger partial charge in [-0.1, -0.05) is 23.2 Å². The Labute approximate surface area is 134 Å². The van der Waals surface area contributed by atoms with Gasteiger partial charge in [-0.15, -0.1) is 8.78 Å². The van der Waals surface area contributed by atoms with E-state index in [1.54, 1.807) is 13.8 Å². The summed E-state index contributed by atoms with van der Waals surface area (Å²) in [7, 11) is 0.